The minimum atomic E-state index is -1.37. The summed E-state index contributed by atoms with van der Waals surface area (Å²) in [4.78, 5) is 13.8. The first-order chi connectivity index (χ1) is 12.7. The van der Waals surface area contributed by atoms with Gasteiger partial charge in [0.2, 0.25) is 0 Å². The lowest BCUT2D eigenvalue weighted by atomic mass is 9.77. The van der Waals surface area contributed by atoms with E-state index in [9.17, 15) is 9.90 Å². The van der Waals surface area contributed by atoms with Crippen LogP contribution in [0.2, 0.25) is 11.3 Å². The van der Waals surface area contributed by atoms with E-state index in [0.29, 0.717) is 42.5 Å². The third-order valence-electron chi connectivity index (χ3n) is 5.00. The molecule has 0 aromatic heterocycles. The van der Waals surface area contributed by atoms with Crippen molar-refractivity contribution in [2.75, 3.05) is 18.4 Å². The lowest BCUT2D eigenvalue weighted by Crippen LogP contribution is -2.55. The van der Waals surface area contributed by atoms with Crippen molar-refractivity contribution in [1.29, 1.82) is 0 Å². The molecule has 1 fully saturated rings. The van der Waals surface area contributed by atoms with Crippen molar-refractivity contribution < 1.29 is 19.9 Å². The van der Waals surface area contributed by atoms with E-state index >= 15 is 0 Å². The van der Waals surface area contributed by atoms with Crippen LogP contribution < -0.4 is 11.1 Å². The fraction of sp³-hybridized carbons (Fsp3) is 0.529. The highest BCUT2D eigenvalue weighted by Gasteiger charge is 2.45. The Kier molecular flexibility index (Phi) is 7.87. The van der Waals surface area contributed by atoms with E-state index in [2.05, 4.69) is 5.32 Å². The topological polar surface area (TPSA) is 119 Å². The first-order valence-corrected chi connectivity index (χ1v) is 9.71. The molecule has 27 heavy (non-hydrogen) atoms. The van der Waals surface area contributed by atoms with Gasteiger partial charge in [0.15, 0.2) is 5.11 Å². The second kappa shape index (κ2) is 9.70. The predicted molar refractivity (Wildman–Crippen MR) is 111 cm³/mol. The zero-order chi connectivity index (χ0) is 20.0. The highest BCUT2D eigenvalue weighted by molar-refractivity contribution is 7.80. The van der Waals surface area contributed by atoms with Gasteiger partial charge in [0, 0.05) is 29.7 Å². The van der Waals surface area contributed by atoms with Gasteiger partial charge in [-0.05, 0) is 55.6 Å². The molecule has 1 aromatic rings. The van der Waals surface area contributed by atoms with E-state index in [4.69, 9.17) is 39.6 Å². The maximum Gasteiger partial charge on any atom is 0.451 e. The van der Waals surface area contributed by atoms with Gasteiger partial charge in [-0.15, -0.1) is 0 Å². The molecule has 0 saturated carbocycles. The standard InChI is InChI=1S/C17H25BClN3O4S/c19-13-3-5-14(6-4-13)21-16(27)22-10-7-12(11-22)17(20,15(23)24)8-1-2-9-18(25)26/h3-6,12,25-26H,1-2,7-11,20H2,(H,21,27)(H,23,24). The SMILES string of the molecule is NC(CCCCB(O)O)(C(=O)O)C1CCN(C(=S)Nc2ccc(Cl)cc2)C1. The average Bonchev–Trinajstić information content (AvgIpc) is 3.11. The van der Waals surface area contributed by atoms with Crippen LogP contribution in [0.15, 0.2) is 24.3 Å². The predicted octanol–water partition coefficient (Wildman–Crippen LogP) is 1.78. The van der Waals surface area contributed by atoms with Crippen LogP contribution in [-0.2, 0) is 4.79 Å². The van der Waals surface area contributed by atoms with Gasteiger partial charge in [-0.3, -0.25) is 4.79 Å². The molecule has 1 aliphatic rings. The summed E-state index contributed by atoms with van der Waals surface area (Å²) in [5, 5.41) is 31.8. The molecular formula is C17H25BClN3O4S. The van der Waals surface area contributed by atoms with Crippen LogP contribution >= 0.6 is 23.8 Å². The third-order valence-corrected chi connectivity index (χ3v) is 5.61. The number of likely N-dealkylation sites (tertiary alicyclic amines) is 1. The van der Waals surface area contributed by atoms with Crippen LogP contribution in [0.25, 0.3) is 0 Å². The second-order valence-corrected chi connectivity index (χ2v) is 7.76. The fourth-order valence-electron chi connectivity index (χ4n) is 3.33. The van der Waals surface area contributed by atoms with Gasteiger partial charge in [-0.1, -0.05) is 24.4 Å². The Morgan fingerprint density at radius 1 is 1.37 bits per heavy atom. The number of rotatable bonds is 8. The van der Waals surface area contributed by atoms with E-state index < -0.39 is 18.6 Å². The molecule has 2 unspecified atom stereocenters. The number of unbranched alkanes of at least 4 members (excludes halogenated alkanes) is 1. The zero-order valence-corrected chi connectivity index (χ0v) is 16.5. The molecule has 2 atom stereocenters. The van der Waals surface area contributed by atoms with Crippen molar-refractivity contribution in [2.45, 2.75) is 37.5 Å². The molecule has 10 heteroatoms. The number of nitrogens with one attached hydrogen (secondary N) is 1. The molecule has 1 saturated heterocycles. The molecule has 0 spiro atoms. The Morgan fingerprint density at radius 3 is 2.63 bits per heavy atom. The normalized spacial score (nSPS) is 18.8. The molecule has 2 rings (SSSR count). The van der Waals surface area contributed by atoms with Crippen LogP contribution in [0, 0.1) is 5.92 Å². The quantitative estimate of drug-likeness (QED) is 0.249. The first-order valence-electron chi connectivity index (χ1n) is 8.92. The molecule has 0 amide bonds. The van der Waals surface area contributed by atoms with Crippen molar-refractivity contribution in [3.63, 3.8) is 0 Å². The molecule has 6 N–H and O–H groups in total. The molecule has 1 aromatic carbocycles. The number of nitrogens with zero attached hydrogens (tertiary/aromatic N) is 1. The number of carbonyl (C=O) groups is 1. The smallest absolute Gasteiger partial charge is 0.451 e. The summed E-state index contributed by atoms with van der Waals surface area (Å²) in [6, 6.07) is 7.17. The minimum Gasteiger partial charge on any atom is -0.480 e. The lowest BCUT2D eigenvalue weighted by molar-refractivity contribution is -0.145. The number of benzene rings is 1. The number of anilines is 1. The van der Waals surface area contributed by atoms with Gasteiger partial charge < -0.3 is 31.1 Å². The van der Waals surface area contributed by atoms with Crippen molar-refractivity contribution >= 4 is 47.7 Å². The molecule has 148 valence electrons. The average molecular weight is 414 g/mol. The fourth-order valence-corrected chi connectivity index (χ4v) is 3.74. The number of hydrogen-bond donors (Lipinski definition) is 5. The number of carboxylic acid groups (broad SMARTS) is 1. The van der Waals surface area contributed by atoms with Crippen LogP contribution in [0.3, 0.4) is 0 Å². The molecule has 7 nitrogen and oxygen atoms in total. The van der Waals surface area contributed by atoms with Gasteiger partial charge in [-0.25, -0.2) is 0 Å². The van der Waals surface area contributed by atoms with E-state index in [1.807, 2.05) is 17.0 Å². The maximum atomic E-state index is 11.8. The highest BCUT2D eigenvalue weighted by atomic mass is 35.5. The number of thiocarbonyl (C=S) groups is 1. The van der Waals surface area contributed by atoms with Crippen LogP contribution in [0.4, 0.5) is 5.69 Å². The maximum absolute atomic E-state index is 11.8. The summed E-state index contributed by atoms with van der Waals surface area (Å²) in [6.45, 7) is 1.09. The number of aliphatic carboxylic acids is 1. The van der Waals surface area contributed by atoms with Gasteiger partial charge in [0.25, 0.3) is 0 Å². The minimum absolute atomic E-state index is 0.210. The van der Waals surface area contributed by atoms with Gasteiger partial charge >= 0.3 is 13.1 Å². The van der Waals surface area contributed by atoms with Crippen molar-refractivity contribution in [1.82, 2.24) is 4.90 Å². The Labute approximate surface area is 169 Å². The highest BCUT2D eigenvalue weighted by Crippen LogP contribution is 2.31. The number of halogens is 1. The molecule has 1 aliphatic heterocycles. The number of nitrogens with two attached hydrogens (primary N) is 1. The summed E-state index contributed by atoms with van der Waals surface area (Å²) in [7, 11) is -1.37. The zero-order valence-electron chi connectivity index (χ0n) is 15.0. The van der Waals surface area contributed by atoms with Gasteiger partial charge in [0.1, 0.15) is 5.54 Å². The Hall–Kier alpha value is -1.39. The third kappa shape index (κ3) is 6.05. The molecule has 0 aliphatic carbocycles. The van der Waals surface area contributed by atoms with Gasteiger partial charge in [0.05, 0.1) is 0 Å². The molecule has 0 bridgehead atoms. The van der Waals surface area contributed by atoms with Crippen molar-refractivity contribution in [3.8, 4) is 0 Å². The number of carboxylic acids is 1. The Morgan fingerprint density at radius 2 is 2.04 bits per heavy atom. The lowest BCUT2D eigenvalue weighted by Gasteiger charge is -2.31. The van der Waals surface area contributed by atoms with Crippen LogP contribution in [-0.4, -0.2) is 56.9 Å². The largest absolute Gasteiger partial charge is 0.480 e. The summed E-state index contributed by atoms with van der Waals surface area (Å²) in [5.41, 5.74) is 5.72. The second-order valence-electron chi connectivity index (χ2n) is 6.94. The summed E-state index contributed by atoms with van der Waals surface area (Å²) in [6.07, 6.45) is 2.15. The Balaban J connectivity index is 1.93. The van der Waals surface area contributed by atoms with E-state index in [-0.39, 0.29) is 18.7 Å². The van der Waals surface area contributed by atoms with E-state index in [0.717, 1.165) is 5.69 Å². The van der Waals surface area contributed by atoms with Crippen LogP contribution in [0.1, 0.15) is 25.7 Å². The number of hydrogen-bond acceptors (Lipinski definition) is 5. The van der Waals surface area contributed by atoms with Crippen LogP contribution in [0.5, 0.6) is 0 Å². The summed E-state index contributed by atoms with van der Waals surface area (Å²) < 4.78 is 0. The monoisotopic (exact) mass is 413 g/mol. The Bertz CT molecular complexity index is 664. The molecule has 0 radical (unpaired) electrons. The van der Waals surface area contributed by atoms with Crippen molar-refractivity contribution in [3.05, 3.63) is 29.3 Å². The molecule has 1 heterocycles. The van der Waals surface area contributed by atoms with Gasteiger partial charge in [-0.2, -0.15) is 0 Å². The van der Waals surface area contributed by atoms with E-state index in [1.165, 1.54) is 0 Å². The molecular weight excluding hydrogens is 389 g/mol. The summed E-state index contributed by atoms with van der Waals surface area (Å²) in [5.74, 6) is -1.27. The first kappa shape index (κ1) is 21.9. The van der Waals surface area contributed by atoms with E-state index in [1.54, 1.807) is 12.1 Å². The van der Waals surface area contributed by atoms with Crippen molar-refractivity contribution in [2.24, 2.45) is 11.7 Å². The summed E-state index contributed by atoms with van der Waals surface area (Å²) >= 11 is 11.3.